The molecule has 0 aliphatic carbocycles. The van der Waals surface area contributed by atoms with E-state index < -0.39 is 10.0 Å². The number of rotatable bonds is 4. The summed E-state index contributed by atoms with van der Waals surface area (Å²) in [5, 5.41) is 5.92. The molecular weight excluding hydrogens is 374 g/mol. The number of likely N-dealkylation sites (tertiary alicyclic amines) is 1. The van der Waals surface area contributed by atoms with Crippen molar-refractivity contribution in [1.29, 1.82) is 0 Å². The van der Waals surface area contributed by atoms with E-state index in [-0.39, 0.29) is 4.90 Å². The largest absolute Gasteiger partial charge is 0.341 e. The molecule has 2 heterocycles. The van der Waals surface area contributed by atoms with Gasteiger partial charge in [-0.3, -0.25) is 0 Å². The first-order valence-electron chi connectivity index (χ1n) is 8.03. The minimum absolute atomic E-state index is 0.251. The lowest BCUT2D eigenvalue weighted by atomic mass is 10.2. The number of thiocarbonyl (C=S) groups is 1. The molecule has 1 aliphatic heterocycles. The molecule has 1 N–H and O–H groups in total. The van der Waals surface area contributed by atoms with Crippen molar-refractivity contribution >= 4 is 44.4 Å². The van der Waals surface area contributed by atoms with Gasteiger partial charge in [0.25, 0.3) is 0 Å². The number of benzene rings is 1. The Balaban J connectivity index is 1.77. The van der Waals surface area contributed by atoms with Crippen molar-refractivity contribution in [3.8, 4) is 0 Å². The lowest BCUT2D eigenvalue weighted by molar-refractivity contribution is 0.412. The van der Waals surface area contributed by atoms with Crippen molar-refractivity contribution in [2.75, 3.05) is 26.0 Å². The highest BCUT2D eigenvalue weighted by atomic mass is 32.2. The van der Waals surface area contributed by atoms with Gasteiger partial charge in [-0.15, -0.1) is 11.3 Å². The third kappa shape index (κ3) is 3.87. The van der Waals surface area contributed by atoms with Crippen molar-refractivity contribution < 1.29 is 8.42 Å². The van der Waals surface area contributed by atoms with Gasteiger partial charge in [-0.1, -0.05) is 12.1 Å². The van der Waals surface area contributed by atoms with Crippen LogP contribution < -0.4 is 5.32 Å². The Morgan fingerprint density at radius 1 is 1.32 bits per heavy atom. The molecule has 1 saturated heterocycles. The topological polar surface area (TPSA) is 52.7 Å². The van der Waals surface area contributed by atoms with Gasteiger partial charge >= 0.3 is 0 Å². The average molecular weight is 396 g/mol. The second-order valence-electron chi connectivity index (χ2n) is 6.11. The molecule has 0 bridgehead atoms. The third-order valence-electron chi connectivity index (χ3n) is 4.25. The highest BCUT2D eigenvalue weighted by molar-refractivity contribution is 7.89. The second kappa shape index (κ2) is 7.41. The molecule has 134 valence electrons. The SMILES string of the molecule is CN(C)S(=O)(=O)c1cccc(NC(=S)N2CCC[C@@H]2c2cccs2)c1. The standard InChI is InChI=1S/C17H21N3O2S3/c1-19(2)25(21,22)14-7-3-6-13(12-14)18-17(23)20-10-4-8-15(20)16-9-5-11-24-16/h3,5-7,9,11-12,15H,4,8,10H2,1-2H3,(H,18,23)/t15-/m1/s1. The van der Waals surface area contributed by atoms with Crippen molar-refractivity contribution in [3.05, 3.63) is 46.7 Å². The fraction of sp³-hybridized carbons (Fsp3) is 0.353. The van der Waals surface area contributed by atoms with E-state index in [0.717, 1.165) is 19.4 Å². The molecule has 0 spiro atoms. The van der Waals surface area contributed by atoms with Crippen LogP contribution in [0.2, 0.25) is 0 Å². The maximum absolute atomic E-state index is 12.3. The first kappa shape index (κ1) is 18.3. The maximum atomic E-state index is 12.3. The Morgan fingerprint density at radius 2 is 2.12 bits per heavy atom. The van der Waals surface area contributed by atoms with Crippen LogP contribution in [0.25, 0.3) is 0 Å². The second-order valence-corrected chi connectivity index (χ2v) is 9.63. The van der Waals surface area contributed by atoms with Crippen molar-refractivity contribution in [2.45, 2.75) is 23.8 Å². The van der Waals surface area contributed by atoms with Crippen LogP contribution in [-0.4, -0.2) is 43.4 Å². The molecule has 0 saturated carbocycles. The van der Waals surface area contributed by atoms with Crippen LogP contribution in [0, 0.1) is 0 Å². The molecule has 1 aromatic heterocycles. The lowest BCUT2D eigenvalue weighted by Crippen LogP contribution is -2.34. The van der Waals surface area contributed by atoms with E-state index in [4.69, 9.17) is 12.2 Å². The molecule has 2 aromatic rings. The molecule has 0 unspecified atom stereocenters. The van der Waals surface area contributed by atoms with E-state index in [1.54, 1.807) is 29.5 Å². The van der Waals surface area contributed by atoms with Crippen molar-refractivity contribution in [3.63, 3.8) is 0 Å². The fourth-order valence-corrected chi connectivity index (χ4v) is 5.08. The minimum Gasteiger partial charge on any atom is -0.341 e. The van der Waals surface area contributed by atoms with Crippen LogP contribution in [0.5, 0.6) is 0 Å². The zero-order chi connectivity index (χ0) is 18.0. The summed E-state index contributed by atoms with van der Waals surface area (Å²) in [6, 6.07) is 11.3. The Morgan fingerprint density at radius 3 is 2.80 bits per heavy atom. The summed E-state index contributed by atoms with van der Waals surface area (Å²) in [7, 11) is -0.415. The third-order valence-corrected chi connectivity index (χ3v) is 7.37. The number of hydrogen-bond acceptors (Lipinski definition) is 4. The molecule has 25 heavy (non-hydrogen) atoms. The zero-order valence-corrected chi connectivity index (χ0v) is 16.6. The van der Waals surface area contributed by atoms with E-state index in [0.29, 0.717) is 16.8 Å². The molecule has 3 rings (SSSR count). The van der Waals surface area contributed by atoms with Crippen LogP contribution >= 0.6 is 23.6 Å². The van der Waals surface area contributed by atoms with Gasteiger partial charge in [0.1, 0.15) is 0 Å². The Kier molecular flexibility index (Phi) is 5.43. The predicted molar refractivity (Wildman–Crippen MR) is 107 cm³/mol. The minimum atomic E-state index is -3.46. The molecule has 5 nitrogen and oxygen atoms in total. The van der Waals surface area contributed by atoms with Crippen LogP contribution in [0.1, 0.15) is 23.8 Å². The van der Waals surface area contributed by atoms with Gasteiger partial charge < -0.3 is 10.2 Å². The van der Waals surface area contributed by atoms with E-state index in [2.05, 4.69) is 27.7 Å². The first-order valence-corrected chi connectivity index (χ1v) is 10.8. The van der Waals surface area contributed by atoms with Gasteiger partial charge in [-0.2, -0.15) is 0 Å². The predicted octanol–water partition coefficient (Wildman–Crippen LogP) is 3.53. The van der Waals surface area contributed by atoms with E-state index in [1.165, 1.54) is 23.3 Å². The van der Waals surface area contributed by atoms with Gasteiger partial charge in [0.05, 0.1) is 10.9 Å². The summed E-state index contributed by atoms with van der Waals surface area (Å²) < 4.78 is 25.8. The summed E-state index contributed by atoms with van der Waals surface area (Å²) in [5.41, 5.74) is 0.685. The van der Waals surface area contributed by atoms with Gasteiger partial charge in [0.2, 0.25) is 10.0 Å². The maximum Gasteiger partial charge on any atom is 0.242 e. The highest BCUT2D eigenvalue weighted by Crippen LogP contribution is 2.35. The Labute approximate surface area is 158 Å². The molecule has 8 heteroatoms. The summed E-state index contributed by atoms with van der Waals surface area (Å²) >= 11 is 7.34. The molecule has 1 fully saturated rings. The molecule has 1 aliphatic rings. The monoisotopic (exact) mass is 395 g/mol. The van der Waals surface area contributed by atoms with E-state index in [9.17, 15) is 8.42 Å². The molecular formula is C17H21N3O2S3. The van der Waals surface area contributed by atoms with Crippen LogP contribution in [0.3, 0.4) is 0 Å². The van der Waals surface area contributed by atoms with Crippen molar-refractivity contribution in [2.24, 2.45) is 0 Å². The van der Waals surface area contributed by atoms with Gasteiger partial charge in [0.15, 0.2) is 5.11 Å². The molecule has 1 aromatic carbocycles. The van der Waals surface area contributed by atoms with Gasteiger partial charge in [-0.05, 0) is 54.7 Å². The van der Waals surface area contributed by atoms with Gasteiger partial charge in [0, 0.05) is 31.2 Å². The number of sulfonamides is 1. The average Bonchev–Trinajstić information content (AvgIpc) is 3.26. The fourth-order valence-electron chi connectivity index (χ4n) is 2.93. The summed E-state index contributed by atoms with van der Waals surface area (Å²) in [4.78, 5) is 3.75. The molecule has 1 atom stereocenters. The quantitative estimate of drug-likeness (QED) is 0.803. The Bertz CT molecular complexity index is 848. The van der Waals surface area contributed by atoms with E-state index >= 15 is 0 Å². The first-order chi connectivity index (χ1) is 11.9. The lowest BCUT2D eigenvalue weighted by Gasteiger charge is -2.27. The van der Waals surface area contributed by atoms with Crippen LogP contribution in [0.15, 0.2) is 46.7 Å². The Hall–Kier alpha value is -1.48. The number of thiophene rings is 1. The summed E-state index contributed by atoms with van der Waals surface area (Å²) in [6.07, 6.45) is 2.18. The summed E-state index contributed by atoms with van der Waals surface area (Å²) in [6.45, 7) is 0.907. The number of nitrogens with zero attached hydrogens (tertiary/aromatic N) is 2. The molecule has 0 radical (unpaired) electrons. The normalized spacial score (nSPS) is 17.9. The highest BCUT2D eigenvalue weighted by Gasteiger charge is 2.28. The van der Waals surface area contributed by atoms with E-state index in [1.807, 2.05) is 6.07 Å². The number of hydrogen-bond donors (Lipinski definition) is 1. The van der Waals surface area contributed by atoms with Crippen LogP contribution in [-0.2, 0) is 10.0 Å². The smallest absolute Gasteiger partial charge is 0.242 e. The number of anilines is 1. The summed E-state index contributed by atoms with van der Waals surface area (Å²) in [5.74, 6) is 0. The number of nitrogens with one attached hydrogen (secondary N) is 1. The van der Waals surface area contributed by atoms with Crippen molar-refractivity contribution in [1.82, 2.24) is 9.21 Å². The molecule has 0 amide bonds. The van der Waals surface area contributed by atoms with Crippen LogP contribution in [0.4, 0.5) is 5.69 Å². The zero-order valence-electron chi connectivity index (χ0n) is 14.2. The van der Waals surface area contributed by atoms with Gasteiger partial charge in [-0.25, -0.2) is 12.7 Å².